The Balaban J connectivity index is 2.11. The molecule has 0 bridgehead atoms. The Bertz CT molecular complexity index is 638. The number of aromatic nitrogens is 2. The number of halogens is 3. The first kappa shape index (κ1) is 14.9. The van der Waals surface area contributed by atoms with Crippen LogP contribution in [-0.4, -0.2) is 23.2 Å². The Morgan fingerprint density at radius 2 is 2.10 bits per heavy atom. The Hall–Kier alpha value is -2.51. The molecule has 0 aliphatic carbocycles. The summed E-state index contributed by atoms with van der Waals surface area (Å²) in [5.41, 5.74) is -1.05. The van der Waals surface area contributed by atoms with E-state index in [2.05, 4.69) is 10.4 Å². The van der Waals surface area contributed by atoms with Crippen LogP contribution in [0.5, 0.6) is 5.75 Å². The van der Waals surface area contributed by atoms with E-state index in [4.69, 9.17) is 4.74 Å². The predicted molar refractivity (Wildman–Crippen MR) is 67.8 cm³/mol. The van der Waals surface area contributed by atoms with Crippen molar-refractivity contribution < 1.29 is 22.7 Å². The van der Waals surface area contributed by atoms with Crippen LogP contribution in [0.4, 0.5) is 13.2 Å². The number of carbonyl (C=O) groups is 1. The van der Waals surface area contributed by atoms with E-state index >= 15 is 0 Å². The van der Waals surface area contributed by atoms with Crippen LogP contribution < -0.4 is 10.1 Å². The fourth-order valence-electron chi connectivity index (χ4n) is 1.79. The van der Waals surface area contributed by atoms with Gasteiger partial charge in [-0.2, -0.15) is 18.3 Å². The largest absolute Gasteiger partial charge is 0.496 e. The molecule has 0 saturated heterocycles. The molecular formula is C13H12F3N3O2. The molecule has 2 N–H and O–H groups in total. The number of alkyl halides is 3. The number of hydrogen-bond acceptors (Lipinski definition) is 3. The lowest BCUT2D eigenvalue weighted by atomic mass is 10.2. The van der Waals surface area contributed by atoms with Crippen molar-refractivity contribution in [3.63, 3.8) is 0 Å². The number of hydrogen-bond donors (Lipinski definition) is 2. The second-order valence-corrected chi connectivity index (χ2v) is 4.15. The molecular weight excluding hydrogens is 287 g/mol. The molecule has 2 aromatic rings. The minimum Gasteiger partial charge on any atom is -0.496 e. The van der Waals surface area contributed by atoms with E-state index in [-0.39, 0.29) is 6.54 Å². The summed E-state index contributed by atoms with van der Waals surface area (Å²) in [4.78, 5) is 11.8. The van der Waals surface area contributed by atoms with E-state index in [1.54, 1.807) is 29.4 Å². The lowest BCUT2D eigenvalue weighted by Crippen LogP contribution is -2.25. The third-order valence-corrected chi connectivity index (χ3v) is 2.80. The zero-order valence-corrected chi connectivity index (χ0v) is 11.0. The number of rotatable bonds is 4. The number of carbonyl (C=O) groups excluding carboxylic acids is 1. The van der Waals surface area contributed by atoms with Gasteiger partial charge in [-0.3, -0.25) is 9.89 Å². The number of nitrogens with zero attached hydrogens (tertiary/aromatic N) is 1. The van der Waals surface area contributed by atoms with Gasteiger partial charge >= 0.3 is 6.18 Å². The maximum absolute atomic E-state index is 12.7. The predicted octanol–water partition coefficient (Wildman–Crippen LogP) is 2.37. The number of nitrogens with one attached hydrogen (secondary N) is 2. The van der Waals surface area contributed by atoms with E-state index in [9.17, 15) is 18.0 Å². The first-order chi connectivity index (χ1) is 9.93. The molecule has 0 aliphatic heterocycles. The first-order valence-corrected chi connectivity index (χ1v) is 5.94. The molecule has 112 valence electrons. The molecule has 0 aliphatic rings. The molecule has 0 atom stereocenters. The van der Waals surface area contributed by atoms with Gasteiger partial charge in [0.25, 0.3) is 5.91 Å². The molecule has 0 spiro atoms. The summed E-state index contributed by atoms with van der Waals surface area (Å²) in [7, 11) is 1.47. The van der Waals surface area contributed by atoms with Crippen LogP contribution in [0, 0.1) is 0 Å². The van der Waals surface area contributed by atoms with Crippen LogP contribution in [0.3, 0.4) is 0 Å². The second-order valence-electron chi connectivity index (χ2n) is 4.15. The highest BCUT2D eigenvalue weighted by atomic mass is 19.4. The number of methoxy groups -OCH3 is 1. The van der Waals surface area contributed by atoms with Gasteiger partial charge in [-0.25, -0.2) is 0 Å². The van der Waals surface area contributed by atoms with Gasteiger partial charge in [-0.15, -0.1) is 0 Å². The third-order valence-electron chi connectivity index (χ3n) is 2.80. The second kappa shape index (κ2) is 5.86. The van der Waals surface area contributed by atoms with Crippen LogP contribution in [0.2, 0.25) is 0 Å². The molecule has 1 amide bonds. The van der Waals surface area contributed by atoms with Crippen LogP contribution in [-0.2, 0) is 12.7 Å². The van der Waals surface area contributed by atoms with E-state index in [1.165, 1.54) is 7.11 Å². The SMILES string of the molecule is COc1ccccc1CNC(=O)c1cn[nH]c1C(F)(F)F. The average Bonchev–Trinajstić information content (AvgIpc) is 2.94. The quantitative estimate of drug-likeness (QED) is 0.910. The fourth-order valence-corrected chi connectivity index (χ4v) is 1.79. The van der Waals surface area contributed by atoms with Crippen molar-refractivity contribution in [2.45, 2.75) is 12.7 Å². The minimum absolute atomic E-state index is 0.0469. The van der Waals surface area contributed by atoms with E-state index < -0.39 is 23.3 Å². The first-order valence-electron chi connectivity index (χ1n) is 5.94. The van der Waals surface area contributed by atoms with E-state index in [0.717, 1.165) is 6.20 Å². The zero-order chi connectivity index (χ0) is 15.5. The molecule has 21 heavy (non-hydrogen) atoms. The summed E-state index contributed by atoms with van der Waals surface area (Å²) in [5.74, 6) is -0.317. The molecule has 2 rings (SSSR count). The number of H-pyrrole nitrogens is 1. The van der Waals surface area contributed by atoms with Crippen molar-refractivity contribution in [3.05, 3.63) is 47.3 Å². The number of para-hydroxylation sites is 1. The number of benzene rings is 1. The maximum atomic E-state index is 12.7. The van der Waals surface area contributed by atoms with Gasteiger partial charge in [0.05, 0.1) is 18.9 Å². The number of ether oxygens (including phenoxy) is 1. The highest BCUT2D eigenvalue weighted by molar-refractivity contribution is 5.95. The summed E-state index contributed by atoms with van der Waals surface area (Å²) in [6.45, 7) is 0.0469. The molecule has 1 aromatic carbocycles. The van der Waals surface area contributed by atoms with Gasteiger partial charge in [0.1, 0.15) is 5.75 Å². The molecule has 0 fully saturated rings. The van der Waals surface area contributed by atoms with Gasteiger partial charge < -0.3 is 10.1 Å². The fraction of sp³-hybridized carbons (Fsp3) is 0.231. The van der Waals surface area contributed by atoms with Crippen molar-refractivity contribution in [2.24, 2.45) is 0 Å². The molecule has 1 aromatic heterocycles. The average molecular weight is 299 g/mol. The zero-order valence-electron chi connectivity index (χ0n) is 11.0. The Morgan fingerprint density at radius 1 is 1.38 bits per heavy atom. The maximum Gasteiger partial charge on any atom is 0.433 e. The van der Waals surface area contributed by atoms with Crippen molar-refractivity contribution in [1.29, 1.82) is 0 Å². The summed E-state index contributed by atoms with van der Waals surface area (Å²) < 4.78 is 43.1. The highest BCUT2D eigenvalue weighted by Crippen LogP contribution is 2.30. The summed E-state index contributed by atoms with van der Waals surface area (Å²) in [6.07, 6.45) is -3.81. The van der Waals surface area contributed by atoms with Crippen molar-refractivity contribution in [2.75, 3.05) is 7.11 Å². The topological polar surface area (TPSA) is 67.0 Å². The van der Waals surface area contributed by atoms with E-state index in [1.807, 2.05) is 0 Å². The Kier molecular flexibility index (Phi) is 4.15. The molecule has 0 unspecified atom stereocenters. The van der Waals surface area contributed by atoms with Gasteiger partial charge in [0.2, 0.25) is 0 Å². The molecule has 8 heteroatoms. The van der Waals surface area contributed by atoms with Gasteiger partial charge in [0, 0.05) is 12.1 Å². The molecule has 5 nitrogen and oxygen atoms in total. The molecule has 0 radical (unpaired) electrons. The standard InChI is InChI=1S/C13H12F3N3O2/c1-21-10-5-3-2-4-8(10)6-17-12(20)9-7-18-19-11(9)13(14,15)16/h2-5,7H,6H2,1H3,(H,17,20)(H,18,19). The van der Waals surface area contributed by atoms with Crippen LogP contribution in [0.25, 0.3) is 0 Å². The van der Waals surface area contributed by atoms with Crippen molar-refractivity contribution in [1.82, 2.24) is 15.5 Å². The monoisotopic (exact) mass is 299 g/mol. The highest BCUT2D eigenvalue weighted by Gasteiger charge is 2.37. The van der Waals surface area contributed by atoms with Crippen LogP contribution in [0.1, 0.15) is 21.6 Å². The third kappa shape index (κ3) is 3.33. The number of amides is 1. The van der Waals surface area contributed by atoms with Gasteiger partial charge in [-0.05, 0) is 6.07 Å². The normalized spacial score (nSPS) is 11.2. The van der Waals surface area contributed by atoms with Gasteiger partial charge in [0.15, 0.2) is 5.69 Å². The summed E-state index contributed by atoms with van der Waals surface area (Å²) in [5, 5.41) is 7.46. The minimum atomic E-state index is -4.66. The smallest absolute Gasteiger partial charge is 0.433 e. The Labute approximate surface area is 118 Å². The van der Waals surface area contributed by atoms with E-state index in [0.29, 0.717) is 11.3 Å². The van der Waals surface area contributed by atoms with Gasteiger partial charge in [-0.1, -0.05) is 18.2 Å². The number of aromatic amines is 1. The summed E-state index contributed by atoms with van der Waals surface area (Å²) >= 11 is 0. The van der Waals surface area contributed by atoms with Crippen molar-refractivity contribution >= 4 is 5.91 Å². The van der Waals surface area contributed by atoms with Crippen LogP contribution >= 0.6 is 0 Å². The lowest BCUT2D eigenvalue weighted by molar-refractivity contribution is -0.141. The summed E-state index contributed by atoms with van der Waals surface area (Å²) in [6, 6.07) is 6.89. The Morgan fingerprint density at radius 3 is 2.76 bits per heavy atom. The molecule has 1 heterocycles. The molecule has 0 saturated carbocycles. The van der Waals surface area contributed by atoms with Crippen molar-refractivity contribution in [3.8, 4) is 5.75 Å². The van der Waals surface area contributed by atoms with Crippen LogP contribution in [0.15, 0.2) is 30.5 Å². The lowest BCUT2D eigenvalue weighted by Gasteiger charge is -2.10.